The topological polar surface area (TPSA) is 79.4 Å². The molecule has 1 aromatic carbocycles. The smallest absolute Gasteiger partial charge is 0.221 e. The molecular formula is C17H21N3O3S. The highest BCUT2D eigenvalue weighted by atomic mass is 32.2. The number of carbonyl (C=O) groups is 1. The highest BCUT2D eigenvalue weighted by Crippen LogP contribution is 2.21. The number of anilines is 1. The minimum atomic E-state index is -2.88. The van der Waals surface area contributed by atoms with Gasteiger partial charge in [-0.05, 0) is 37.7 Å². The van der Waals surface area contributed by atoms with Gasteiger partial charge in [0.1, 0.15) is 0 Å². The van der Waals surface area contributed by atoms with Crippen LogP contribution in [0.4, 0.5) is 5.69 Å². The first-order valence-corrected chi connectivity index (χ1v) is 9.72. The summed E-state index contributed by atoms with van der Waals surface area (Å²) in [6, 6.07) is 9.58. The predicted molar refractivity (Wildman–Crippen MR) is 94.6 cm³/mol. The van der Waals surface area contributed by atoms with Crippen molar-refractivity contribution in [1.29, 1.82) is 0 Å². The van der Waals surface area contributed by atoms with Crippen LogP contribution in [0.2, 0.25) is 0 Å². The molecule has 1 N–H and O–H groups in total. The molecule has 1 aliphatic rings. The molecule has 2 aromatic rings. The molecule has 24 heavy (non-hydrogen) atoms. The molecule has 1 saturated heterocycles. The first-order valence-electron chi connectivity index (χ1n) is 7.90. The Hall–Kier alpha value is -1.99. The zero-order valence-electron chi connectivity index (χ0n) is 13.8. The number of hydrogen-bond donors (Lipinski definition) is 1. The van der Waals surface area contributed by atoms with Crippen LogP contribution in [0.1, 0.15) is 19.0 Å². The monoisotopic (exact) mass is 347 g/mol. The van der Waals surface area contributed by atoms with Gasteiger partial charge in [0.2, 0.25) is 5.91 Å². The molecule has 128 valence electrons. The van der Waals surface area contributed by atoms with E-state index in [4.69, 9.17) is 0 Å². The van der Waals surface area contributed by atoms with Crippen LogP contribution in [0.3, 0.4) is 0 Å². The van der Waals surface area contributed by atoms with Gasteiger partial charge in [-0.1, -0.05) is 6.07 Å². The van der Waals surface area contributed by atoms with E-state index >= 15 is 0 Å². The van der Waals surface area contributed by atoms with Crippen LogP contribution in [0.5, 0.6) is 0 Å². The van der Waals surface area contributed by atoms with E-state index < -0.39 is 9.84 Å². The van der Waals surface area contributed by atoms with E-state index in [1.807, 2.05) is 37.4 Å². The fourth-order valence-corrected chi connectivity index (χ4v) is 4.85. The van der Waals surface area contributed by atoms with Gasteiger partial charge in [0, 0.05) is 30.6 Å². The third-order valence-corrected chi connectivity index (χ3v) is 6.06. The number of pyridine rings is 1. The standard InChI is InChI=1S/C17H21N3O3S/c1-12(21)18-14-5-6-17-13(9-14)3-4-15(19-17)10-20(2)16-7-8-24(22,23)11-16/h3-6,9,16H,7-8,10-11H2,1-2H3,(H,18,21). The van der Waals surface area contributed by atoms with Crippen molar-refractivity contribution in [2.45, 2.75) is 25.9 Å². The molecule has 3 rings (SSSR count). The molecule has 0 saturated carbocycles. The quantitative estimate of drug-likeness (QED) is 0.912. The normalized spacial score (nSPS) is 19.7. The summed E-state index contributed by atoms with van der Waals surface area (Å²) in [7, 11) is -0.937. The van der Waals surface area contributed by atoms with E-state index in [0.717, 1.165) is 22.3 Å². The van der Waals surface area contributed by atoms with Gasteiger partial charge in [-0.2, -0.15) is 0 Å². The maximum atomic E-state index is 11.6. The third kappa shape index (κ3) is 3.91. The molecule has 7 heteroatoms. The van der Waals surface area contributed by atoms with Crippen LogP contribution in [-0.2, 0) is 21.2 Å². The van der Waals surface area contributed by atoms with Crippen molar-refractivity contribution in [2.75, 3.05) is 23.9 Å². The van der Waals surface area contributed by atoms with E-state index in [9.17, 15) is 13.2 Å². The highest BCUT2D eigenvalue weighted by molar-refractivity contribution is 7.91. The predicted octanol–water partition coefficient (Wildman–Crippen LogP) is 1.81. The van der Waals surface area contributed by atoms with Crippen molar-refractivity contribution < 1.29 is 13.2 Å². The lowest BCUT2D eigenvalue weighted by Gasteiger charge is -2.22. The number of amides is 1. The van der Waals surface area contributed by atoms with Crippen LogP contribution in [-0.4, -0.2) is 48.8 Å². The van der Waals surface area contributed by atoms with Gasteiger partial charge in [-0.15, -0.1) is 0 Å². The van der Waals surface area contributed by atoms with Crippen LogP contribution in [0.15, 0.2) is 30.3 Å². The van der Waals surface area contributed by atoms with Crippen molar-refractivity contribution in [3.05, 3.63) is 36.0 Å². The Morgan fingerprint density at radius 1 is 1.33 bits per heavy atom. The van der Waals surface area contributed by atoms with E-state index in [0.29, 0.717) is 13.0 Å². The second kappa shape index (κ2) is 6.49. The molecule has 1 aromatic heterocycles. The third-order valence-electron chi connectivity index (χ3n) is 4.31. The van der Waals surface area contributed by atoms with Gasteiger partial charge in [0.15, 0.2) is 9.84 Å². The Morgan fingerprint density at radius 2 is 2.12 bits per heavy atom. The molecule has 0 spiro atoms. The molecule has 0 radical (unpaired) electrons. The van der Waals surface area contributed by atoms with Crippen molar-refractivity contribution in [1.82, 2.24) is 9.88 Å². The summed E-state index contributed by atoms with van der Waals surface area (Å²) in [5.74, 6) is 0.406. The van der Waals surface area contributed by atoms with Gasteiger partial charge in [0.05, 0.1) is 22.7 Å². The number of rotatable bonds is 4. The second-order valence-corrected chi connectivity index (χ2v) is 8.59. The largest absolute Gasteiger partial charge is 0.326 e. The number of nitrogens with one attached hydrogen (secondary N) is 1. The summed E-state index contributed by atoms with van der Waals surface area (Å²) < 4.78 is 23.2. The van der Waals surface area contributed by atoms with Crippen molar-refractivity contribution in [3.63, 3.8) is 0 Å². The van der Waals surface area contributed by atoms with Gasteiger partial charge in [-0.25, -0.2) is 8.42 Å². The Kier molecular flexibility index (Phi) is 4.56. The Bertz CT molecular complexity index is 880. The van der Waals surface area contributed by atoms with Crippen LogP contribution >= 0.6 is 0 Å². The Balaban J connectivity index is 1.75. The van der Waals surface area contributed by atoms with Crippen LogP contribution < -0.4 is 5.32 Å². The average Bonchev–Trinajstić information content (AvgIpc) is 2.87. The first-order chi connectivity index (χ1) is 11.3. The number of sulfone groups is 1. The molecule has 1 amide bonds. The fraction of sp³-hybridized carbons (Fsp3) is 0.412. The minimum Gasteiger partial charge on any atom is -0.326 e. The first kappa shape index (κ1) is 16.9. The molecular weight excluding hydrogens is 326 g/mol. The van der Waals surface area contributed by atoms with Crippen molar-refractivity contribution >= 4 is 32.3 Å². The number of aromatic nitrogens is 1. The zero-order valence-corrected chi connectivity index (χ0v) is 14.6. The summed E-state index contributed by atoms with van der Waals surface area (Å²) >= 11 is 0. The number of benzene rings is 1. The van der Waals surface area contributed by atoms with E-state index in [1.54, 1.807) is 0 Å². The molecule has 6 nitrogen and oxygen atoms in total. The SMILES string of the molecule is CC(=O)Nc1ccc2nc(CN(C)C3CCS(=O)(=O)C3)ccc2c1. The molecule has 0 aliphatic carbocycles. The van der Waals surface area contributed by atoms with Gasteiger partial charge >= 0.3 is 0 Å². The van der Waals surface area contributed by atoms with Crippen molar-refractivity contribution in [2.24, 2.45) is 0 Å². The van der Waals surface area contributed by atoms with E-state index in [2.05, 4.69) is 15.2 Å². The summed E-state index contributed by atoms with van der Waals surface area (Å²) in [4.78, 5) is 17.8. The van der Waals surface area contributed by atoms with Gasteiger partial charge in [-0.3, -0.25) is 14.7 Å². The maximum Gasteiger partial charge on any atom is 0.221 e. The van der Waals surface area contributed by atoms with Crippen LogP contribution in [0, 0.1) is 0 Å². The zero-order chi connectivity index (χ0) is 17.3. The van der Waals surface area contributed by atoms with Gasteiger partial charge < -0.3 is 5.32 Å². The number of carbonyl (C=O) groups excluding carboxylic acids is 1. The lowest BCUT2D eigenvalue weighted by Crippen LogP contribution is -2.32. The maximum absolute atomic E-state index is 11.6. The van der Waals surface area contributed by atoms with Crippen molar-refractivity contribution in [3.8, 4) is 0 Å². The average molecular weight is 347 g/mol. The highest BCUT2D eigenvalue weighted by Gasteiger charge is 2.30. The molecule has 1 aliphatic heterocycles. The summed E-state index contributed by atoms with van der Waals surface area (Å²) in [5.41, 5.74) is 2.51. The van der Waals surface area contributed by atoms with E-state index in [-0.39, 0.29) is 23.5 Å². The summed E-state index contributed by atoms with van der Waals surface area (Å²) in [5, 5.41) is 3.71. The lowest BCUT2D eigenvalue weighted by molar-refractivity contribution is -0.114. The Labute approximate surface area is 141 Å². The molecule has 1 atom stereocenters. The molecule has 1 fully saturated rings. The lowest BCUT2D eigenvalue weighted by atomic mass is 10.1. The second-order valence-electron chi connectivity index (χ2n) is 6.36. The number of nitrogens with zero attached hydrogens (tertiary/aromatic N) is 2. The number of hydrogen-bond acceptors (Lipinski definition) is 5. The molecule has 0 bridgehead atoms. The fourth-order valence-electron chi connectivity index (χ4n) is 3.04. The molecule has 2 heterocycles. The van der Waals surface area contributed by atoms with Gasteiger partial charge in [0.25, 0.3) is 0 Å². The summed E-state index contributed by atoms with van der Waals surface area (Å²) in [6.07, 6.45) is 0.687. The minimum absolute atomic E-state index is 0.0645. The number of fused-ring (bicyclic) bond motifs is 1. The van der Waals surface area contributed by atoms with Crippen LogP contribution in [0.25, 0.3) is 10.9 Å². The van der Waals surface area contributed by atoms with E-state index in [1.165, 1.54) is 6.92 Å². The Morgan fingerprint density at radius 3 is 2.79 bits per heavy atom. The summed E-state index contributed by atoms with van der Waals surface area (Å²) in [6.45, 7) is 2.09. The molecule has 1 unspecified atom stereocenters.